The summed E-state index contributed by atoms with van der Waals surface area (Å²) in [5, 5.41) is 12.6. The van der Waals surface area contributed by atoms with Crippen molar-refractivity contribution in [3.63, 3.8) is 0 Å². The van der Waals surface area contributed by atoms with E-state index in [4.69, 9.17) is 4.74 Å². The predicted octanol–water partition coefficient (Wildman–Crippen LogP) is 2.79. The molecule has 0 aliphatic carbocycles. The van der Waals surface area contributed by atoms with E-state index in [0.29, 0.717) is 11.5 Å². The van der Waals surface area contributed by atoms with Crippen LogP contribution in [-0.2, 0) is 0 Å². The van der Waals surface area contributed by atoms with Gasteiger partial charge in [0.15, 0.2) is 0 Å². The van der Waals surface area contributed by atoms with E-state index >= 15 is 0 Å². The van der Waals surface area contributed by atoms with Crippen molar-refractivity contribution >= 4 is 0 Å². The van der Waals surface area contributed by atoms with Crippen LogP contribution in [0.3, 0.4) is 0 Å². The number of pyridine rings is 2. The molecule has 7 nitrogen and oxygen atoms in total. The molecule has 0 spiro atoms. The Morgan fingerprint density at radius 1 is 1.00 bits per heavy atom. The van der Waals surface area contributed by atoms with E-state index in [1.807, 2.05) is 48.5 Å². The van der Waals surface area contributed by atoms with Crippen molar-refractivity contribution in [3.05, 3.63) is 67.1 Å². The number of rotatable bonds is 4. The lowest BCUT2D eigenvalue weighted by molar-refractivity contribution is 0.416. The average molecular weight is 330 g/mol. The first kappa shape index (κ1) is 14.9. The fourth-order valence-electron chi connectivity index (χ4n) is 2.49. The van der Waals surface area contributed by atoms with E-state index < -0.39 is 0 Å². The van der Waals surface area contributed by atoms with Crippen molar-refractivity contribution < 1.29 is 4.74 Å². The molecule has 4 rings (SSSR count). The van der Waals surface area contributed by atoms with Crippen LogP contribution in [0.15, 0.2) is 67.1 Å². The maximum Gasteiger partial charge on any atom is 0.223 e. The summed E-state index contributed by atoms with van der Waals surface area (Å²) in [6.07, 6.45) is 5.22. The number of benzene rings is 1. The molecule has 122 valence electrons. The van der Waals surface area contributed by atoms with E-state index in [1.54, 1.807) is 25.7 Å². The molecule has 0 saturated heterocycles. The zero-order chi connectivity index (χ0) is 17.1. The van der Waals surface area contributed by atoms with Gasteiger partial charge in [-0.1, -0.05) is 12.1 Å². The Labute approximate surface area is 144 Å². The van der Waals surface area contributed by atoms with Gasteiger partial charge >= 0.3 is 0 Å². The van der Waals surface area contributed by atoms with Crippen molar-refractivity contribution in [2.75, 3.05) is 7.11 Å². The molecule has 3 aromatic heterocycles. The summed E-state index contributed by atoms with van der Waals surface area (Å²) >= 11 is 0. The van der Waals surface area contributed by atoms with E-state index in [9.17, 15) is 0 Å². The zero-order valence-electron chi connectivity index (χ0n) is 13.4. The van der Waals surface area contributed by atoms with Crippen LogP contribution >= 0.6 is 0 Å². The van der Waals surface area contributed by atoms with Gasteiger partial charge in [0.25, 0.3) is 0 Å². The Morgan fingerprint density at radius 3 is 2.72 bits per heavy atom. The van der Waals surface area contributed by atoms with Crippen LogP contribution in [0.1, 0.15) is 0 Å². The maximum absolute atomic E-state index is 5.46. The van der Waals surface area contributed by atoms with Gasteiger partial charge in [0.05, 0.1) is 12.8 Å². The lowest BCUT2D eigenvalue weighted by Crippen LogP contribution is -2.00. The number of methoxy groups -OCH3 is 1. The van der Waals surface area contributed by atoms with Gasteiger partial charge in [0, 0.05) is 29.7 Å². The molecule has 1 aromatic carbocycles. The largest absolute Gasteiger partial charge is 0.496 e. The molecule has 0 aliphatic heterocycles. The molecule has 7 heteroatoms. The molecule has 0 fully saturated rings. The second-order valence-corrected chi connectivity index (χ2v) is 5.24. The van der Waals surface area contributed by atoms with Crippen LogP contribution in [0.4, 0.5) is 0 Å². The first-order valence-electron chi connectivity index (χ1n) is 7.65. The summed E-state index contributed by atoms with van der Waals surface area (Å²) in [6, 6.07) is 15.1. The molecule has 0 atom stereocenters. The van der Waals surface area contributed by atoms with Crippen molar-refractivity contribution in [1.82, 2.24) is 30.2 Å². The number of nitrogens with zero attached hydrogens (tertiary/aromatic N) is 6. The van der Waals surface area contributed by atoms with Gasteiger partial charge in [0.1, 0.15) is 11.4 Å². The second kappa shape index (κ2) is 6.48. The molecular formula is C18H14N6O. The SMILES string of the molecule is COc1ccc(-n2nnc(-c3ccccn3)n2)cc1-c1cccnc1. The molecule has 0 N–H and O–H groups in total. The fraction of sp³-hybridized carbons (Fsp3) is 0.0556. The van der Waals surface area contributed by atoms with Crippen molar-refractivity contribution in [2.24, 2.45) is 0 Å². The van der Waals surface area contributed by atoms with Crippen LogP contribution in [-0.4, -0.2) is 37.3 Å². The van der Waals surface area contributed by atoms with Gasteiger partial charge in [-0.15, -0.1) is 15.0 Å². The molecule has 0 saturated carbocycles. The molecule has 4 aromatic rings. The number of aromatic nitrogens is 6. The van der Waals surface area contributed by atoms with Crippen LogP contribution in [0.25, 0.3) is 28.3 Å². The summed E-state index contributed by atoms with van der Waals surface area (Å²) < 4.78 is 5.46. The zero-order valence-corrected chi connectivity index (χ0v) is 13.4. The molecule has 0 radical (unpaired) electrons. The number of ether oxygens (including phenoxy) is 1. The van der Waals surface area contributed by atoms with Gasteiger partial charge in [-0.2, -0.15) is 0 Å². The fourth-order valence-corrected chi connectivity index (χ4v) is 2.49. The summed E-state index contributed by atoms with van der Waals surface area (Å²) in [4.78, 5) is 9.89. The Morgan fingerprint density at radius 2 is 1.96 bits per heavy atom. The Kier molecular flexibility index (Phi) is 3.88. The minimum Gasteiger partial charge on any atom is -0.496 e. The van der Waals surface area contributed by atoms with Gasteiger partial charge in [0.2, 0.25) is 5.82 Å². The van der Waals surface area contributed by atoms with Gasteiger partial charge in [-0.3, -0.25) is 9.97 Å². The molecular weight excluding hydrogens is 316 g/mol. The highest BCUT2D eigenvalue weighted by Gasteiger charge is 2.12. The molecule has 0 aliphatic rings. The van der Waals surface area contributed by atoms with Crippen molar-refractivity contribution in [2.45, 2.75) is 0 Å². The quantitative estimate of drug-likeness (QED) is 0.572. The average Bonchev–Trinajstić information content (AvgIpc) is 3.19. The number of tetrazole rings is 1. The van der Waals surface area contributed by atoms with Crippen molar-refractivity contribution in [1.29, 1.82) is 0 Å². The van der Waals surface area contributed by atoms with E-state index in [2.05, 4.69) is 25.4 Å². The standard InChI is InChI=1S/C18H14N6O/c1-25-17-8-7-14(11-15(17)13-5-4-9-19-12-13)24-22-18(21-23-24)16-6-2-3-10-20-16/h2-12H,1H3. The summed E-state index contributed by atoms with van der Waals surface area (Å²) in [7, 11) is 1.64. The maximum atomic E-state index is 5.46. The highest BCUT2D eigenvalue weighted by atomic mass is 16.5. The van der Waals surface area contributed by atoms with Gasteiger partial charge in [-0.05, 0) is 41.6 Å². The minimum atomic E-state index is 0.472. The third kappa shape index (κ3) is 2.94. The Hall–Kier alpha value is -3.61. The van der Waals surface area contributed by atoms with Crippen molar-refractivity contribution in [3.8, 4) is 34.1 Å². The minimum absolute atomic E-state index is 0.472. The first-order valence-corrected chi connectivity index (χ1v) is 7.65. The van der Waals surface area contributed by atoms with E-state index in [1.165, 1.54) is 4.80 Å². The molecule has 0 amide bonds. The molecule has 3 heterocycles. The lowest BCUT2D eigenvalue weighted by Gasteiger charge is -2.10. The third-order valence-electron chi connectivity index (χ3n) is 3.69. The smallest absolute Gasteiger partial charge is 0.223 e. The normalized spacial score (nSPS) is 10.6. The predicted molar refractivity (Wildman–Crippen MR) is 92.2 cm³/mol. The first-order chi connectivity index (χ1) is 12.3. The number of hydrogen-bond acceptors (Lipinski definition) is 6. The topological polar surface area (TPSA) is 78.6 Å². The Balaban J connectivity index is 1.76. The van der Waals surface area contributed by atoms with Gasteiger partial charge in [-0.25, -0.2) is 0 Å². The lowest BCUT2D eigenvalue weighted by atomic mass is 10.1. The Bertz CT molecular complexity index is 985. The van der Waals surface area contributed by atoms with E-state index in [-0.39, 0.29) is 0 Å². The summed E-state index contributed by atoms with van der Waals surface area (Å²) in [5.74, 6) is 1.22. The monoisotopic (exact) mass is 330 g/mol. The van der Waals surface area contributed by atoms with E-state index in [0.717, 1.165) is 22.6 Å². The molecule has 0 unspecified atom stereocenters. The molecule has 0 bridgehead atoms. The van der Waals surface area contributed by atoms with Crippen LogP contribution in [0, 0.1) is 0 Å². The van der Waals surface area contributed by atoms with Crippen LogP contribution in [0.5, 0.6) is 5.75 Å². The third-order valence-corrected chi connectivity index (χ3v) is 3.69. The van der Waals surface area contributed by atoms with Crippen LogP contribution < -0.4 is 4.74 Å². The van der Waals surface area contributed by atoms with Gasteiger partial charge < -0.3 is 4.74 Å². The molecule has 25 heavy (non-hydrogen) atoms. The van der Waals surface area contributed by atoms with Crippen LogP contribution in [0.2, 0.25) is 0 Å². The second-order valence-electron chi connectivity index (χ2n) is 5.24. The highest BCUT2D eigenvalue weighted by Crippen LogP contribution is 2.31. The highest BCUT2D eigenvalue weighted by molar-refractivity contribution is 5.72. The summed E-state index contributed by atoms with van der Waals surface area (Å²) in [6.45, 7) is 0. The number of hydrogen-bond donors (Lipinski definition) is 0. The summed E-state index contributed by atoms with van der Waals surface area (Å²) in [5.41, 5.74) is 3.31.